The smallest absolute Gasteiger partial charge is 0.0534 e. The summed E-state index contributed by atoms with van der Waals surface area (Å²) in [5, 5.41) is 8.53. The first-order chi connectivity index (χ1) is 8.25. The fourth-order valence-electron chi connectivity index (χ4n) is 3.42. The van der Waals surface area contributed by atoms with Gasteiger partial charge in [0.1, 0.15) is 0 Å². The Balaban J connectivity index is 1.68. The van der Waals surface area contributed by atoms with Gasteiger partial charge in [-0.05, 0) is 20.3 Å². The van der Waals surface area contributed by atoms with Crippen LogP contribution in [0.4, 0.5) is 0 Å². The zero-order valence-corrected chi connectivity index (χ0v) is 11.1. The highest BCUT2D eigenvalue weighted by Gasteiger charge is 2.33. The maximum Gasteiger partial charge on any atom is 0.0534 e. The molecule has 2 saturated heterocycles. The molecule has 0 aromatic carbocycles. The Morgan fingerprint density at radius 3 is 2.59 bits per heavy atom. The minimum absolute atomic E-state index is 0.732. The number of rotatable bonds is 1. The van der Waals surface area contributed by atoms with Crippen LogP contribution in [0.25, 0.3) is 0 Å². The summed E-state index contributed by atoms with van der Waals surface area (Å²) in [7, 11) is 0. The van der Waals surface area contributed by atoms with Crippen molar-refractivity contribution in [1.29, 1.82) is 0 Å². The van der Waals surface area contributed by atoms with Crippen molar-refractivity contribution in [3.05, 3.63) is 11.3 Å². The van der Waals surface area contributed by atoms with E-state index in [0.29, 0.717) is 0 Å². The summed E-state index contributed by atoms with van der Waals surface area (Å²) < 4.78 is 0. The van der Waals surface area contributed by atoms with Gasteiger partial charge in [-0.3, -0.25) is 0 Å². The van der Waals surface area contributed by atoms with Gasteiger partial charge in [-0.2, -0.15) is 0 Å². The van der Waals surface area contributed by atoms with E-state index in [2.05, 4.69) is 34.1 Å². The molecule has 0 spiro atoms. The normalized spacial score (nSPS) is 32.1. The third kappa shape index (κ3) is 2.09. The topological polar surface area (TPSA) is 21.8 Å². The highest BCUT2D eigenvalue weighted by molar-refractivity contribution is 5.22. The highest BCUT2D eigenvalue weighted by Crippen LogP contribution is 2.31. The van der Waals surface area contributed by atoms with Crippen LogP contribution in [-0.4, -0.2) is 66.8 Å². The molecule has 3 aliphatic rings. The van der Waals surface area contributed by atoms with Gasteiger partial charge >= 0.3 is 0 Å². The van der Waals surface area contributed by atoms with Crippen molar-refractivity contribution in [1.82, 2.24) is 20.2 Å². The second-order valence-electron chi connectivity index (χ2n) is 5.57. The zero-order chi connectivity index (χ0) is 11.8. The number of nitrogens with one attached hydrogen (secondary N) is 1. The molecule has 0 aliphatic carbocycles. The van der Waals surface area contributed by atoms with Crippen LogP contribution in [0, 0.1) is 0 Å². The number of hydrazine groups is 1. The molecule has 0 bridgehead atoms. The monoisotopic (exact) mass is 236 g/mol. The van der Waals surface area contributed by atoms with Crippen LogP contribution in [-0.2, 0) is 0 Å². The van der Waals surface area contributed by atoms with Crippen LogP contribution in [0.1, 0.15) is 20.3 Å². The molecule has 1 atom stereocenters. The van der Waals surface area contributed by atoms with E-state index in [1.165, 1.54) is 32.6 Å². The van der Waals surface area contributed by atoms with E-state index < -0.39 is 0 Å². The first-order valence-corrected chi connectivity index (χ1v) is 6.91. The van der Waals surface area contributed by atoms with Crippen LogP contribution in [0.5, 0.6) is 0 Å². The summed E-state index contributed by atoms with van der Waals surface area (Å²) in [6.07, 6.45) is 1.27. The predicted octanol–water partition coefficient (Wildman–Crippen LogP) is 0.490. The maximum absolute atomic E-state index is 3.43. The second kappa shape index (κ2) is 4.59. The molecule has 3 aliphatic heterocycles. The number of nitrogens with zero attached hydrogens (tertiary/aromatic N) is 3. The predicted molar refractivity (Wildman–Crippen MR) is 69.5 cm³/mol. The highest BCUT2D eigenvalue weighted by atomic mass is 15.6. The molecule has 0 amide bonds. The van der Waals surface area contributed by atoms with Crippen LogP contribution >= 0.6 is 0 Å². The largest absolute Gasteiger partial charge is 0.369 e. The fraction of sp³-hybridized carbons (Fsp3) is 0.846. The molecular weight excluding hydrogens is 212 g/mol. The Morgan fingerprint density at radius 2 is 1.82 bits per heavy atom. The molecule has 2 fully saturated rings. The van der Waals surface area contributed by atoms with Crippen molar-refractivity contribution in [2.24, 2.45) is 0 Å². The van der Waals surface area contributed by atoms with Gasteiger partial charge in [-0.25, -0.2) is 10.0 Å². The molecule has 1 unspecified atom stereocenters. The van der Waals surface area contributed by atoms with Crippen molar-refractivity contribution in [2.45, 2.75) is 26.3 Å². The molecule has 3 rings (SSSR count). The van der Waals surface area contributed by atoms with Gasteiger partial charge in [0.25, 0.3) is 0 Å². The van der Waals surface area contributed by atoms with Gasteiger partial charge < -0.3 is 10.2 Å². The van der Waals surface area contributed by atoms with E-state index in [9.17, 15) is 0 Å². The van der Waals surface area contributed by atoms with Gasteiger partial charge in [0.05, 0.1) is 6.54 Å². The number of hydrogen-bond donors (Lipinski definition) is 1. The van der Waals surface area contributed by atoms with Crippen molar-refractivity contribution >= 4 is 0 Å². The summed E-state index contributed by atoms with van der Waals surface area (Å²) in [6.45, 7) is 12.8. The number of piperazine rings is 2. The van der Waals surface area contributed by atoms with E-state index in [1.807, 2.05) is 0 Å². The Hall–Kier alpha value is -0.580. The molecule has 0 aromatic rings. The van der Waals surface area contributed by atoms with Gasteiger partial charge in [0.2, 0.25) is 0 Å². The first-order valence-electron chi connectivity index (χ1n) is 6.91. The Bertz CT molecular complexity index is 319. The van der Waals surface area contributed by atoms with Crippen LogP contribution < -0.4 is 5.32 Å². The minimum atomic E-state index is 0.732. The van der Waals surface area contributed by atoms with Crippen molar-refractivity contribution in [3.8, 4) is 0 Å². The van der Waals surface area contributed by atoms with Gasteiger partial charge in [0, 0.05) is 51.0 Å². The fourth-order valence-corrected chi connectivity index (χ4v) is 3.42. The Kier molecular flexibility index (Phi) is 3.11. The Morgan fingerprint density at radius 1 is 1.06 bits per heavy atom. The maximum atomic E-state index is 3.43. The molecule has 3 heterocycles. The molecule has 1 N–H and O–H groups in total. The lowest BCUT2D eigenvalue weighted by atomic mass is 10.1. The van der Waals surface area contributed by atoms with E-state index in [4.69, 9.17) is 0 Å². The third-order valence-electron chi connectivity index (χ3n) is 4.40. The number of hydrogen-bond acceptors (Lipinski definition) is 4. The van der Waals surface area contributed by atoms with Crippen LogP contribution in [0.2, 0.25) is 0 Å². The van der Waals surface area contributed by atoms with Crippen molar-refractivity contribution < 1.29 is 0 Å². The Labute approximate surface area is 104 Å². The SMILES string of the molecule is CC1=C2CN(N3CCNCC3)CCN2C(C)C1. The second-order valence-corrected chi connectivity index (χ2v) is 5.57. The average molecular weight is 236 g/mol. The molecule has 0 aromatic heterocycles. The molecule has 0 radical (unpaired) electrons. The summed E-state index contributed by atoms with van der Waals surface area (Å²) >= 11 is 0. The van der Waals surface area contributed by atoms with Gasteiger partial charge in [-0.1, -0.05) is 5.57 Å². The molecule has 0 saturated carbocycles. The van der Waals surface area contributed by atoms with E-state index in [-0.39, 0.29) is 0 Å². The standard InChI is InChI=1S/C13H24N4/c1-11-9-12(2)17-8-7-16(10-13(11)17)15-5-3-14-4-6-15/h12,14H,3-10H2,1-2H3. The summed E-state index contributed by atoms with van der Waals surface area (Å²) in [5.74, 6) is 0. The minimum Gasteiger partial charge on any atom is -0.369 e. The molecular formula is C13H24N4. The van der Waals surface area contributed by atoms with Gasteiger partial charge in [-0.15, -0.1) is 0 Å². The average Bonchev–Trinajstić information content (AvgIpc) is 2.66. The molecule has 96 valence electrons. The zero-order valence-electron chi connectivity index (χ0n) is 11.1. The number of fused-ring (bicyclic) bond motifs is 1. The molecule has 4 heteroatoms. The lowest BCUT2D eigenvalue weighted by Gasteiger charge is -2.44. The van der Waals surface area contributed by atoms with Crippen molar-refractivity contribution in [3.63, 3.8) is 0 Å². The molecule has 17 heavy (non-hydrogen) atoms. The summed E-state index contributed by atoms with van der Waals surface area (Å²) in [6, 6.07) is 0.732. The van der Waals surface area contributed by atoms with E-state index in [0.717, 1.165) is 25.7 Å². The summed E-state index contributed by atoms with van der Waals surface area (Å²) in [4.78, 5) is 2.62. The van der Waals surface area contributed by atoms with Gasteiger partial charge in [0.15, 0.2) is 0 Å². The summed E-state index contributed by atoms with van der Waals surface area (Å²) in [5.41, 5.74) is 3.21. The third-order valence-corrected chi connectivity index (χ3v) is 4.40. The van der Waals surface area contributed by atoms with Crippen LogP contribution in [0.15, 0.2) is 11.3 Å². The van der Waals surface area contributed by atoms with Crippen molar-refractivity contribution in [2.75, 3.05) is 45.8 Å². The first kappa shape index (κ1) is 11.5. The quantitative estimate of drug-likeness (QED) is 0.715. The lowest BCUT2D eigenvalue weighted by Crippen LogP contribution is -2.57. The molecule has 4 nitrogen and oxygen atoms in total. The van der Waals surface area contributed by atoms with E-state index in [1.54, 1.807) is 11.3 Å². The van der Waals surface area contributed by atoms with E-state index >= 15 is 0 Å². The lowest BCUT2D eigenvalue weighted by molar-refractivity contribution is -0.0511. The van der Waals surface area contributed by atoms with Crippen LogP contribution in [0.3, 0.4) is 0 Å².